The van der Waals surface area contributed by atoms with E-state index in [1.807, 2.05) is 0 Å². The molecule has 1 fully saturated rings. The normalized spacial score (nSPS) is 24.9. The third kappa shape index (κ3) is 5.97. The van der Waals surface area contributed by atoms with Gasteiger partial charge in [-0.25, -0.2) is 0 Å². The first-order valence-corrected chi connectivity index (χ1v) is 8.06. The molecule has 2 atom stereocenters. The summed E-state index contributed by atoms with van der Waals surface area (Å²) in [6.07, 6.45) is 4.12. The Labute approximate surface area is 102 Å². The first-order chi connectivity index (χ1) is 7.58. The molecule has 1 saturated heterocycles. The Morgan fingerprint density at radius 1 is 1.50 bits per heavy atom. The summed E-state index contributed by atoms with van der Waals surface area (Å²) in [4.78, 5) is 2.51. The van der Waals surface area contributed by atoms with Gasteiger partial charge in [0.05, 0.1) is 0 Å². The zero-order valence-corrected chi connectivity index (χ0v) is 11.7. The third-order valence-electron chi connectivity index (χ3n) is 3.00. The topological polar surface area (TPSA) is 32.3 Å². The van der Waals surface area contributed by atoms with E-state index in [1.165, 1.54) is 6.42 Å². The van der Waals surface area contributed by atoms with Crippen LogP contribution in [-0.4, -0.2) is 53.3 Å². The zero-order valence-electron chi connectivity index (χ0n) is 10.9. The van der Waals surface area contributed by atoms with E-state index in [9.17, 15) is 4.21 Å². The molecular formula is C12H26N2OS. The second-order valence-electron chi connectivity index (χ2n) is 5.21. The molecule has 0 aromatic heterocycles. The van der Waals surface area contributed by atoms with Crippen molar-refractivity contribution in [1.29, 1.82) is 0 Å². The molecule has 2 unspecified atom stereocenters. The maximum Gasteiger partial charge on any atom is 0.0244 e. The average molecular weight is 246 g/mol. The van der Waals surface area contributed by atoms with Crippen LogP contribution in [0.4, 0.5) is 0 Å². The smallest absolute Gasteiger partial charge is 0.0244 e. The number of piperazine rings is 1. The minimum absolute atomic E-state index is 0.630. The molecule has 0 amide bonds. The minimum atomic E-state index is -0.630. The Morgan fingerprint density at radius 3 is 2.88 bits per heavy atom. The highest BCUT2D eigenvalue weighted by Crippen LogP contribution is 2.09. The Morgan fingerprint density at radius 2 is 2.25 bits per heavy atom. The molecule has 1 N–H and O–H groups in total. The summed E-state index contributed by atoms with van der Waals surface area (Å²) in [5.41, 5.74) is 0. The van der Waals surface area contributed by atoms with E-state index >= 15 is 0 Å². The molecule has 0 aliphatic carbocycles. The van der Waals surface area contributed by atoms with Gasteiger partial charge in [-0.1, -0.05) is 13.8 Å². The van der Waals surface area contributed by atoms with Gasteiger partial charge >= 0.3 is 0 Å². The number of nitrogens with one attached hydrogen (secondary N) is 1. The van der Waals surface area contributed by atoms with E-state index in [2.05, 4.69) is 24.1 Å². The summed E-state index contributed by atoms with van der Waals surface area (Å²) in [7, 11) is -0.630. The Kier molecular flexibility index (Phi) is 6.54. The fourth-order valence-electron chi connectivity index (χ4n) is 2.32. The van der Waals surface area contributed by atoms with Gasteiger partial charge in [-0.3, -0.25) is 4.21 Å². The van der Waals surface area contributed by atoms with Crippen LogP contribution >= 0.6 is 0 Å². The SMILES string of the molecule is CC(C)CC1CN(CCCS(C)=O)CCN1. The van der Waals surface area contributed by atoms with Crippen LogP contribution in [0, 0.1) is 5.92 Å². The van der Waals surface area contributed by atoms with Gasteiger partial charge in [0.15, 0.2) is 0 Å². The monoisotopic (exact) mass is 246 g/mol. The zero-order chi connectivity index (χ0) is 12.0. The lowest BCUT2D eigenvalue weighted by molar-refractivity contribution is 0.187. The lowest BCUT2D eigenvalue weighted by atomic mass is 10.0. The van der Waals surface area contributed by atoms with E-state index in [4.69, 9.17) is 0 Å². The van der Waals surface area contributed by atoms with Gasteiger partial charge in [0.25, 0.3) is 0 Å². The number of nitrogens with zero attached hydrogens (tertiary/aromatic N) is 1. The Balaban J connectivity index is 2.19. The van der Waals surface area contributed by atoms with Gasteiger partial charge in [0.1, 0.15) is 0 Å². The molecule has 96 valence electrons. The van der Waals surface area contributed by atoms with Crippen molar-refractivity contribution in [3.8, 4) is 0 Å². The van der Waals surface area contributed by atoms with Gasteiger partial charge < -0.3 is 10.2 Å². The van der Waals surface area contributed by atoms with Gasteiger partial charge in [0.2, 0.25) is 0 Å². The molecule has 0 spiro atoms. The third-order valence-corrected chi connectivity index (χ3v) is 3.87. The van der Waals surface area contributed by atoms with E-state index < -0.39 is 10.8 Å². The molecule has 4 heteroatoms. The molecular weight excluding hydrogens is 220 g/mol. The average Bonchev–Trinajstić information content (AvgIpc) is 2.16. The van der Waals surface area contributed by atoms with E-state index in [-0.39, 0.29) is 0 Å². The summed E-state index contributed by atoms with van der Waals surface area (Å²) in [5.74, 6) is 1.61. The Hall–Kier alpha value is 0.0700. The minimum Gasteiger partial charge on any atom is -0.311 e. The highest BCUT2D eigenvalue weighted by atomic mass is 32.2. The second-order valence-corrected chi connectivity index (χ2v) is 6.77. The summed E-state index contributed by atoms with van der Waals surface area (Å²) in [6.45, 7) is 9.07. The predicted molar refractivity (Wildman–Crippen MR) is 71.2 cm³/mol. The lowest BCUT2D eigenvalue weighted by Crippen LogP contribution is -2.51. The molecule has 0 aromatic carbocycles. The van der Waals surface area contributed by atoms with E-state index in [0.29, 0.717) is 6.04 Å². The van der Waals surface area contributed by atoms with Crippen molar-refractivity contribution in [2.75, 3.05) is 38.2 Å². The van der Waals surface area contributed by atoms with Crippen molar-refractivity contribution in [2.24, 2.45) is 5.92 Å². The fraction of sp³-hybridized carbons (Fsp3) is 1.00. The molecule has 16 heavy (non-hydrogen) atoms. The second kappa shape index (κ2) is 7.41. The van der Waals surface area contributed by atoms with Crippen molar-refractivity contribution < 1.29 is 4.21 Å². The summed E-state index contributed by atoms with van der Waals surface area (Å²) < 4.78 is 11.0. The molecule has 3 nitrogen and oxygen atoms in total. The first-order valence-electron chi connectivity index (χ1n) is 6.33. The number of rotatable bonds is 6. The highest BCUT2D eigenvalue weighted by molar-refractivity contribution is 7.84. The van der Waals surface area contributed by atoms with Gasteiger partial charge in [0, 0.05) is 48.5 Å². The fourth-order valence-corrected chi connectivity index (χ4v) is 2.85. The van der Waals surface area contributed by atoms with Crippen molar-refractivity contribution in [1.82, 2.24) is 10.2 Å². The summed E-state index contributed by atoms with van der Waals surface area (Å²) in [5, 5.41) is 3.58. The molecule has 1 aliphatic rings. The Bertz CT molecular complexity index is 221. The highest BCUT2D eigenvalue weighted by Gasteiger charge is 2.19. The van der Waals surface area contributed by atoms with Gasteiger partial charge in [-0.05, 0) is 25.3 Å². The molecule has 0 aromatic rings. The largest absolute Gasteiger partial charge is 0.311 e. The maximum absolute atomic E-state index is 11.0. The molecule has 0 saturated carbocycles. The van der Waals surface area contributed by atoms with Gasteiger partial charge in [-0.15, -0.1) is 0 Å². The van der Waals surface area contributed by atoms with Crippen molar-refractivity contribution >= 4 is 10.8 Å². The molecule has 1 heterocycles. The van der Waals surface area contributed by atoms with Crippen LogP contribution in [0.3, 0.4) is 0 Å². The standard InChI is InChI=1S/C12H26N2OS/c1-11(2)9-12-10-14(7-5-13-12)6-4-8-16(3)15/h11-13H,4-10H2,1-3H3. The molecule has 0 bridgehead atoms. The van der Waals surface area contributed by atoms with Crippen LogP contribution in [0.25, 0.3) is 0 Å². The quantitative estimate of drug-likeness (QED) is 0.761. The van der Waals surface area contributed by atoms with Crippen LogP contribution in [0.2, 0.25) is 0 Å². The van der Waals surface area contributed by atoms with Crippen molar-refractivity contribution in [3.05, 3.63) is 0 Å². The molecule has 0 radical (unpaired) electrons. The summed E-state index contributed by atoms with van der Waals surface area (Å²) in [6, 6.07) is 0.654. The maximum atomic E-state index is 11.0. The van der Waals surface area contributed by atoms with Crippen LogP contribution in [-0.2, 0) is 10.8 Å². The van der Waals surface area contributed by atoms with Crippen molar-refractivity contribution in [2.45, 2.75) is 32.7 Å². The van der Waals surface area contributed by atoms with Crippen LogP contribution in [0.5, 0.6) is 0 Å². The van der Waals surface area contributed by atoms with Crippen LogP contribution < -0.4 is 5.32 Å². The first kappa shape index (κ1) is 14.1. The van der Waals surface area contributed by atoms with Crippen molar-refractivity contribution in [3.63, 3.8) is 0 Å². The van der Waals surface area contributed by atoms with E-state index in [1.54, 1.807) is 6.26 Å². The molecule has 1 rings (SSSR count). The van der Waals surface area contributed by atoms with E-state index in [0.717, 1.165) is 44.3 Å². The van der Waals surface area contributed by atoms with Gasteiger partial charge in [-0.2, -0.15) is 0 Å². The van der Waals surface area contributed by atoms with Crippen LogP contribution in [0.15, 0.2) is 0 Å². The number of hydrogen-bond donors (Lipinski definition) is 1. The summed E-state index contributed by atoms with van der Waals surface area (Å²) >= 11 is 0. The predicted octanol–water partition coefficient (Wildman–Crippen LogP) is 1.07. The molecule has 1 aliphatic heterocycles. The van der Waals surface area contributed by atoms with Crippen LogP contribution in [0.1, 0.15) is 26.7 Å². The lowest BCUT2D eigenvalue weighted by Gasteiger charge is -2.34. The number of hydrogen-bond acceptors (Lipinski definition) is 3.